The van der Waals surface area contributed by atoms with Crippen molar-refractivity contribution >= 4 is 70.5 Å². The third-order valence-electron chi connectivity index (χ3n) is 21.3. The summed E-state index contributed by atoms with van der Waals surface area (Å²) in [6.45, 7) is 26.1. The molecule has 0 amide bonds. The van der Waals surface area contributed by atoms with Gasteiger partial charge in [0.1, 0.15) is 47.2 Å². The summed E-state index contributed by atoms with van der Waals surface area (Å²) < 4.78 is 24.9. The van der Waals surface area contributed by atoms with E-state index in [1.165, 1.54) is 0 Å². The summed E-state index contributed by atoms with van der Waals surface area (Å²) in [6.07, 6.45) is 10.6. The van der Waals surface area contributed by atoms with Crippen molar-refractivity contribution in [1.29, 1.82) is 0 Å². The molecule has 16 nitrogen and oxygen atoms in total. The molecule has 6 aliphatic rings. The molecule has 4 aliphatic carbocycles. The average Bonchev–Trinajstić information content (AvgIpc) is 1.63. The number of allylic oxidation sites excluding steroid dienone is 2. The summed E-state index contributed by atoms with van der Waals surface area (Å²) in [7, 11) is 0. The van der Waals surface area contributed by atoms with Gasteiger partial charge in [0.25, 0.3) is 0 Å². The number of hydrogen-bond donors (Lipinski definition) is 4. The molecule has 0 saturated heterocycles. The normalized spacial score (nSPS) is 29.2. The molecule has 4 heterocycles. The van der Waals surface area contributed by atoms with E-state index in [1.54, 1.807) is 12.2 Å². The maximum Gasteiger partial charge on any atom is 2.00 e. The Kier molecular flexibility index (Phi) is 23.1. The van der Waals surface area contributed by atoms with Crippen LogP contribution in [0.3, 0.4) is 0 Å². The zero-order valence-electron chi connectivity index (χ0n) is 59.3. The molecule has 8 N–H and O–H groups in total. The predicted octanol–water partition coefficient (Wildman–Crippen LogP) is 15.8. The van der Waals surface area contributed by atoms with Crippen molar-refractivity contribution in [3.05, 3.63) is 178 Å². The van der Waals surface area contributed by atoms with Crippen molar-refractivity contribution in [2.75, 3.05) is 11.5 Å². The van der Waals surface area contributed by atoms with E-state index in [0.29, 0.717) is 68.7 Å². The number of carbonyl (C=O) groups is 4. The van der Waals surface area contributed by atoms with E-state index in [0.717, 1.165) is 73.6 Å². The van der Waals surface area contributed by atoms with E-state index in [9.17, 15) is 19.2 Å². The van der Waals surface area contributed by atoms with Crippen LogP contribution in [0.25, 0.3) is 45.6 Å². The van der Waals surface area contributed by atoms with Crippen molar-refractivity contribution in [3.63, 3.8) is 0 Å². The van der Waals surface area contributed by atoms with Crippen LogP contribution in [0, 0.1) is 71.0 Å². The van der Waals surface area contributed by atoms with Gasteiger partial charge in [-0.25, -0.2) is 29.2 Å². The summed E-state index contributed by atoms with van der Waals surface area (Å²) in [6, 6.07) is 38.2. The van der Waals surface area contributed by atoms with Crippen molar-refractivity contribution in [2.45, 2.75) is 159 Å². The maximum atomic E-state index is 14.0. The molecule has 4 aromatic carbocycles. The largest absolute Gasteiger partial charge is 2.00 e. The van der Waals surface area contributed by atoms with Crippen LogP contribution in [0.1, 0.15) is 178 Å². The second-order valence-corrected chi connectivity index (χ2v) is 29.9. The molecule has 6 aromatic rings. The van der Waals surface area contributed by atoms with Gasteiger partial charge in [-0.1, -0.05) is 216 Å². The Morgan fingerprint density at radius 3 is 0.848 bits per heavy atom. The fourth-order valence-electron chi connectivity index (χ4n) is 17.5. The molecule has 99 heavy (non-hydrogen) atoms. The van der Waals surface area contributed by atoms with Crippen LogP contribution in [-0.4, -0.2) is 60.0 Å². The van der Waals surface area contributed by atoms with Crippen LogP contribution >= 0.6 is 0 Å². The standard InChI is InChI=1S/2C41H50N4O4.Co/c2*1-22-17-24(3)36(25(4)18-22)48-40(46)34-32(28-13-9-7-10-14-28)30(44-38(34)42)21-31-33(29-15-11-8-12-16-29)35(39(43)45-31)41(47)49-37-26(5)19-23(2)20-27(37)6;/h2*7-16,21-27,36-37H,17-20H2,1-6H3,(H5,42,43,44,45,46,47);/q;;+2/p-2. The first-order valence-electron chi connectivity index (χ1n) is 35.4. The smallest absolute Gasteiger partial charge is 0.494 e. The molecule has 523 valence electrons. The zero-order chi connectivity index (χ0) is 70.0. The Morgan fingerprint density at radius 2 is 0.596 bits per heavy atom. The minimum absolute atomic E-state index is 0. The number of nitrogens with two attached hydrogens (primary N) is 4. The number of aliphatic imine (C=N–C) groups is 2. The molecule has 4 fully saturated rings. The third kappa shape index (κ3) is 15.8. The number of nitrogens with zero attached hydrogens (tertiary/aromatic N) is 4. The van der Waals surface area contributed by atoms with Gasteiger partial charge in [0, 0.05) is 11.1 Å². The molecule has 0 spiro atoms. The minimum atomic E-state index is -0.491. The van der Waals surface area contributed by atoms with E-state index in [-0.39, 0.29) is 134 Å². The van der Waals surface area contributed by atoms with E-state index in [2.05, 4.69) is 83.1 Å². The Hall–Kier alpha value is -8.67. The van der Waals surface area contributed by atoms with Gasteiger partial charge >= 0.3 is 40.7 Å². The first-order chi connectivity index (χ1) is 46.8. The first-order valence-corrected chi connectivity index (χ1v) is 35.4. The summed E-state index contributed by atoms with van der Waals surface area (Å²) in [5, 5.41) is 0. The number of ether oxygens (including phenoxy) is 4. The number of rotatable bonds is 14. The van der Waals surface area contributed by atoms with E-state index >= 15 is 0 Å². The molecule has 0 bridgehead atoms. The SMILES string of the molecule is CC1CC(C)C(OC(=O)C2=C(c3ccccc3)/C(=C/c3[n-]c(N)c(C(=O)OC4C(C)CC(C)CC4C)c3-c3ccccc3)N=C2N)C(C)C1.CC1CC(C)C(OC(=O)C2=C(c3ccccc3)/C(=C/c3[n-]c(N)c(C(=O)OC4C(C)CC(C)CC4C)c3-c3ccccc3)N=C2N)C(C)C1.[Co+2]. The molecule has 2 aliphatic heterocycles. The van der Waals surface area contributed by atoms with E-state index < -0.39 is 23.9 Å². The van der Waals surface area contributed by atoms with Crippen molar-refractivity contribution in [3.8, 4) is 22.3 Å². The molecule has 4 saturated carbocycles. The number of amidine groups is 2. The molecule has 12 rings (SSSR count). The third-order valence-corrected chi connectivity index (χ3v) is 21.3. The predicted molar refractivity (Wildman–Crippen MR) is 390 cm³/mol. The van der Waals surface area contributed by atoms with E-state index in [1.807, 2.05) is 121 Å². The van der Waals surface area contributed by atoms with Gasteiger partial charge in [0.15, 0.2) is 0 Å². The second kappa shape index (κ2) is 31.3. The van der Waals surface area contributed by atoms with Crippen LogP contribution in [0.2, 0.25) is 0 Å². The first kappa shape index (κ1) is 73.1. The summed E-state index contributed by atoms with van der Waals surface area (Å²) in [5.41, 5.74) is 34.1. The van der Waals surface area contributed by atoms with Crippen LogP contribution < -0.4 is 32.9 Å². The van der Waals surface area contributed by atoms with Gasteiger partial charge in [-0.15, -0.1) is 0 Å². The number of nitrogen functional groups attached to an aromatic ring is 2. The van der Waals surface area contributed by atoms with Crippen LogP contribution in [0.5, 0.6) is 0 Å². The van der Waals surface area contributed by atoms with Crippen LogP contribution in [0.4, 0.5) is 11.6 Å². The van der Waals surface area contributed by atoms with Crippen LogP contribution in [0.15, 0.2) is 154 Å². The Labute approximate surface area is 594 Å². The molecule has 17 heteroatoms. The van der Waals surface area contributed by atoms with Gasteiger partial charge in [-0.05, 0) is 179 Å². The molecular weight excluding hydrogens is 1280 g/mol. The Bertz CT molecular complexity index is 3800. The Morgan fingerprint density at radius 1 is 0.364 bits per heavy atom. The zero-order valence-corrected chi connectivity index (χ0v) is 60.3. The fraction of sp³-hybridized carbons (Fsp3) is 0.439. The Balaban J connectivity index is 0.000000212. The molecular formula is C82H98CoN8O8. The van der Waals surface area contributed by atoms with Crippen LogP contribution in [-0.2, 0) is 45.3 Å². The van der Waals surface area contributed by atoms with Gasteiger partial charge in [-0.3, -0.25) is 0 Å². The van der Waals surface area contributed by atoms with Crippen molar-refractivity contribution < 1.29 is 54.9 Å². The minimum Gasteiger partial charge on any atom is -0.494 e. The number of anilines is 2. The quantitative estimate of drug-likeness (QED) is 0.0584. The van der Waals surface area contributed by atoms with Crippen molar-refractivity contribution in [2.24, 2.45) is 92.5 Å². The molecule has 8 unspecified atom stereocenters. The topological polar surface area (TPSA) is 262 Å². The van der Waals surface area contributed by atoms with Gasteiger partial charge in [0.2, 0.25) is 0 Å². The fourth-order valence-corrected chi connectivity index (χ4v) is 17.5. The number of hydrogen-bond acceptors (Lipinski definition) is 14. The molecule has 1 radical (unpaired) electrons. The number of esters is 4. The van der Waals surface area contributed by atoms with Gasteiger partial charge < -0.3 is 51.9 Å². The molecule has 8 atom stereocenters. The summed E-state index contributed by atoms with van der Waals surface area (Å²) >= 11 is 0. The van der Waals surface area contributed by atoms with E-state index in [4.69, 9.17) is 61.8 Å². The summed E-state index contributed by atoms with van der Waals surface area (Å²) in [5.74, 6) is 2.47. The summed E-state index contributed by atoms with van der Waals surface area (Å²) in [4.78, 5) is 74.9. The van der Waals surface area contributed by atoms with Crippen molar-refractivity contribution in [1.82, 2.24) is 9.97 Å². The molecule has 2 aromatic heterocycles. The monoisotopic (exact) mass is 1380 g/mol. The van der Waals surface area contributed by atoms with Gasteiger partial charge in [0.05, 0.1) is 22.5 Å². The number of benzene rings is 4. The average molecular weight is 1380 g/mol. The number of aromatic nitrogens is 2. The number of carbonyl (C=O) groups excluding carboxylic acids is 4. The second-order valence-electron chi connectivity index (χ2n) is 29.9. The van der Waals surface area contributed by atoms with Gasteiger partial charge in [-0.2, -0.15) is 0 Å². The maximum absolute atomic E-state index is 14.0.